The summed E-state index contributed by atoms with van der Waals surface area (Å²) in [6, 6.07) is 12.6. The fraction of sp³-hybridized carbons (Fsp3) is 0.391. The van der Waals surface area contributed by atoms with Crippen molar-refractivity contribution in [3.8, 4) is 5.75 Å². The predicted octanol–water partition coefficient (Wildman–Crippen LogP) is 5.40. The van der Waals surface area contributed by atoms with Crippen LogP contribution in [0.4, 0.5) is 10.5 Å². The van der Waals surface area contributed by atoms with Gasteiger partial charge in [0.2, 0.25) is 5.96 Å². The number of amides is 2. The number of hydrogen-bond acceptors (Lipinski definition) is 5. The van der Waals surface area contributed by atoms with E-state index in [0.29, 0.717) is 34.0 Å². The van der Waals surface area contributed by atoms with Crippen molar-refractivity contribution in [2.75, 3.05) is 18.4 Å². The molecule has 0 saturated heterocycles. The number of nitrogens with one attached hydrogen (secondary N) is 2. The van der Waals surface area contributed by atoms with Gasteiger partial charge in [-0.05, 0) is 62.8 Å². The van der Waals surface area contributed by atoms with E-state index in [0.717, 1.165) is 18.7 Å². The molecule has 0 aromatic heterocycles. The molecule has 3 rings (SSSR count). The maximum atomic E-state index is 13.1. The van der Waals surface area contributed by atoms with Gasteiger partial charge in [-0.2, -0.15) is 0 Å². The summed E-state index contributed by atoms with van der Waals surface area (Å²) < 4.78 is 5.71. The van der Waals surface area contributed by atoms with Gasteiger partial charge in [0.05, 0.1) is 17.7 Å². The zero-order chi connectivity index (χ0) is 23.3. The maximum absolute atomic E-state index is 13.1. The fourth-order valence-electron chi connectivity index (χ4n) is 3.32. The molecule has 1 heterocycles. The van der Waals surface area contributed by atoms with Crippen LogP contribution in [-0.2, 0) is 6.54 Å². The van der Waals surface area contributed by atoms with Crippen molar-refractivity contribution in [3.63, 3.8) is 0 Å². The Morgan fingerprint density at radius 1 is 1.16 bits per heavy atom. The molecule has 172 valence electrons. The minimum Gasteiger partial charge on any atom is -0.489 e. The first-order valence-corrected chi connectivity index (χ1v) is 11.4. The lowest BCUT2D eigenvalue weighted by Crippen LogP contribution is -2.58. The van der Waals surface area contributed by atoms with Gasteiger partial charge in [-0.3, -0.25) is 9.80 Å². The van der Waals surface area contributed by atoms with Crippen molar-refractivity contribution in [3.05, 3.63) is 58.1 Å². The van der Waals surface area contributed by atoms with Crippen LogP contribution in [0.25, 0.3) is 0 Å². The predicted molar refractivity (Wildman–Crippen MR) is 131 cm³/mol. The van der Waals surface area contributed by atoms with E-state index < -0.39 is 6.29 Å². The Morgan fingerprint density at radius 3 is 2.44 bits per heavy atom. The van der Waals surface area contributed by atoms with Crippen molar-refractivity contribution < 1.29 is 9.53 Å². The number of guanidine groups is 1. The van der Waals surface area contributed by atoms with Gasteiger partial charge in [0.15, 0.2) is 6.29 Å². The number of halogens is 2. The minimum absolute atomic E-state index is 0.0161. The average Bonchev–Trinajstić information content (AvgIpc) is 2.74. The van der Waals surface area contributed by atoms with Crippen molar-refractivity contribution in [1.82, 2.24) is 15.1 Å². The molecule has 0 spiro atoms. The van der Waals surface area contributed by atoms with E-state index in [9.17, 15) is 4.79 Å². The van der Waals surface area contributed by atoms with Gasteiger partial charge in [-0.25, -0.2) is 9.79 Å². The molecule has 2 amide bonds. The monoisotopic (exact) mass is 477 g/mol. The van der Waals surface area contributed by atoms with E-state index in [2.05, 4.69) is 15.5 Å². The summed E-state index contributed by atoms with van der Waals surface area (Å²) in [5.41, 5.74) is 1.64. The molecule has 1 aliphatic rings. The number of ether oxygens (including phenoxy) is 1. The largest absolute Gasteiger partial charge is 0.489 e. The van der Waals surface area contributed by atoms with Crippen LogP contribution >= 0.6 is 23.2 Å². The lowest BCUT2D eigenvalue weighted by atomic mass is 10.2. The summed E-state index contributed by atoms with van der Waals surface area (Å²) in [6.45, 7) is 9.80. The number of carbonyl (C=O) groups excluding carboxylic acids is 1. The first-order chi connectivity index (χ1) is 15.3. The molecule has 0 bridgehead atoms. The molecular weight excluding hydrogens is 449 g/mol. The second-order valence-electron chi connectivity index (χ2n) is 7.65. The second kappa shape index (κ2) is 10.9. The Balaban J connectivity index is 1.90. The van der Waals surface area contributed by atoms with Gasteiger partial charge >= 0.3 is 6.03 Å². The third-order valence-electron chi connectivity index (χ3n) is 4.96. The lowest BCUT2D eigenvalue weighted by Gasteiger charge is -2.36. The van der Waals surface area contributed by atoms with Crippen molar-refractivity contribution in [1.29, 1.82) is 0 Å². The molecule has 2 aromatic carbocycles. The van der Waals surface area contributed by atoms with Crippen LogP contribution in [0, 0.1) is 0 Å². The summed E-state index contributed by atoms with van der Waals surface area (Å²) in [7, 11) is 0. The molecule has 0 fully saturated rings. The second-order valence-corrected chi connectivity index (χ2v) is 8.49. The number of hydrogen-bond donors (Lipinski definition) is 2. The molecule has 1 atom stereocenters. The zero-order valence-corrected chi connectivity index (χ0v) is 20.2. The highest BCUT2D eigenvalue weighted by Gasteiger charge is 2.31. The van der Waals surface area contributed by atoms with Crippen molar-refractivity contribution in [2.24, 2.45) is 4.99 Å². The molecule has 0 aliphatic carbocycles. The SMILES string of the molecule is CCN(CC)C1N=C(Nc2ccc(OC(C)C)c(Cl)c2)N(Cc2ccc(Cl)cc2)C(=O)N1. The highest BCUT2D eigenvalue weighted by molar-refractivity contribution is 6.32. The Hall–Kier alpha value is -2.48. The lowest BCUT2D eigenvalue weighted by molar-refractivity contribution is 0.159. The average molecular weight is 478 g/mol. The number of nitrogens with zero attached hydrogens (tertiary/aromatic N) is 3. The maximum Gasteiger partial charge on any atom is 0.327 e. The molecule has 0 radical (unpaired) electrons. The van der Waals surface area contributed by atoms with Crippen LogP contribution in [0.15, 0.2) is 47.5 Å². The zero-order valence-electron chi connectivity index (χ0n) is 18.7. The summed E-state index contributed by atoms with van der Waals surface area (Å²) >= 11 is 12.4. The quantitative estimate of drug-likeness (QED) is 0.533. The molecule has 9 heteroatoms. The summed E-state index contributed by atoms with van der Waals surface area (Å²) in [5, 5.41) is 7.36. The molecule has 2 N–H and O–H groups in total. The highest BCUT2D eigenvalue weighted by atomic mass is 35.5. The summed E-state index contributed by atoms with van der Waals surface area (Å²) in [4.78, 5) is 21.5. The van der Waals surface area contributed by atoms with Gasteiger partial charge in [0.25, 0.3) is 0 Å². The molecule has 7 nitrogen and oxygen atoms in total. The van der Waals surface area contributed by atoms with Crippen molar-refractivity contribution in [2.45, 2.75) is 46.6 Å². The molecule has 1 unspecified atom stereocenters. The van der Waals surface area contributed by atoms with Gasteiger partial charge < -0.3 is 15.4 Å². The van der Waals surface area contributed by atoms with E-state index in [4.69, 9.17) is 32.9 Å². The smallest absolute Gasteiger partial charge is 0.327 e. The van der Waals surface area contributed by atoms with Gasteiger partial charge in [-0.15, -0.1) is 0 Å². The first kappa shape index (κ1) is 24.2. The number of rotatable bonds is 8. The van der Waals surface area contributed by atoms with E-state index in [1.54, 1.807) is 29.2 Å². The van der Waals surface area contributed by atoms with Crippen LogP contribution < -0.4 is 15.4 Å². The Morgan fingerprint density at radius 2 is 1.84 bits per heavy atom. The van der Waals surface area contributed by atoms with E-state index in [1.165, 1.54) is 0 Å². The van der Waals surface area contributed by atoms with Gasteiger partial charge in [0.1, 0.15) is 5.75 Å². The molecular formula is C23H29Cl2N5O2. The number of benzene rings is 2. The Kier molecular flexibility index (Phi) is 8.23. The van der Waals surface area contributed by atoms with Crippen molar-refractivity contribution >= 4 is 40.9 Å². The summed E-state index contributed by atoms with van der Waals surface area (Å²) in [5.74, 6) is 1.05. The third-order valence-corrected chi connectivity index (χ3v) is 5.51. The van der Waals surface area contributed by atoms with Crippen LogP contribution in [0.5, 0.6) is 5.75 Å². The number of carbonyl (C=O) groups is 1. The third kappa shape index (κ3) is 6.06. The Labute approximate surface area is 199 Å². The van der Waals surface area contributed by atoms with Gasteiger partial charge in [-0.1, -0.05) is 49.2 Å². The van der Waals surface area contributed by atoms with Crippen LogP contribution in [0.1, 0.15) is 33.3 Å². The van der Waals surface area contributed by atoms with E-state index in [1.807, 2.05) is 45.9 Å². The first-order valence-electron chi connectivity index (χ1n) is 10.7. The summed E-state index contributed by atoms with van der Waals surface area (Å²) in [6.07, 6.45) is -0.442. The molecule has 32 heavy (non-hydrogen) atoms. The van der Waals surface area contributed by atoms with E-state index >= 15 is 0 Å². The number of anilines is 1. The Bertz CT molecular complexity index is 961. The fourth-order valence-corrected chi connectivity index (χ4v) is 3.67. The standard InChI is InChI=1S/C23H29Cl2N5O2/c1-5-29(6-2)21-27-22(26-18-11-12-20(19(25)13-18)32-15(3)4)30(23(31)28-21)14-16-7-9-17(24)10-8-16/h7-13,15,21H,5-6,14H2,1-4H3,(H,26,27)(H,28,31). The number of aliphatic imine (C=N–C) groups is 1. The van der Waals surface area contributed by atoms with E-state index in [-0.39, 0.29) is 12.1 Å². The molecule has 1 aliphatic heterocycles. The van der Waals surface area contributed by atoms with Crippen LogP contribution in [0.2, 0.25) is 10.0 Å². The minimum atomic E-state index is -0.458. The molecule has 0 saturated carbocycles. The number of urea groups is 1. The molecule has 2 aromatic rings. The normalized spacial score (nSPS) is 16.2. The van der Waals surface area contributed by atoms with Crippen LogP contribution in [0.3, 0.4) is 0 Å². The van der Waals surface area contributed by atoms with Crippen LogP contribution in [-0.4, -0.2) is 47.3 Å². The topological polar surface area (TPSA) is 69.2 Å². The van der Waals surface area contributed by atoms with Gasteiger partial charge in [0, 0.05) is 10.7 Å². The highest BCUT2D eigenvalue weighted by Crippen LogP contribution is 2.29.